The van der Waals surface area contributed by atoms with E-state index < -0.39 is 0 Å². The topological polar surface area (TPSA) is 37.4 Å². The summed E-state index contributed by atoms with van der Waals surface area (Å²) in [5.41, 5.74) is -0.367. The van der Waals surface area contributed by atoms with Crippen molar-refractivity contribution in [2.75, 3.05) is 13.6 Å². The summed E-state index contributed by atoms with van der Waals surface area (Å²) < 4.78 is 0. The third kappa shape index (κ3) is 4.96. The van der Waals surface area contributed by atoms with Crippen molar-refractivity contribution < 1.29 is 9.59 Å². The van der Waals surface area contributed by atoms with Gasteiger partial charge >= 0.3 is 0 Å². The third-order valence-corrected chi connectivity index (χ3v) is 3.44. The third-order valence-electron chi connectivity index (χ3n) is 3.44. The van der Waals surface area contributed by atoms with Crippen LogP contribution in [0.2, 0.25) is 0 Å². The predicted molar refractivity (Wildman–Crippen MR) is 75.5 cm³/mol. The summed E-state index contributed by atoms with van der Waals surface area (Å²) in [6.45, 7) is 13.5. The normalized spacial score (nSPS) is 13.2. The van der Waals surface area contributed by atoms with Crippen LogP contribution in [-0.2, 0) is 9.59 Å². The first-order chi connectivity index (χ1) is 8.26. The molecule has 0 aliphatic rings. The Morgan fingerprint density at radius 1 is 1.28 bits per heavy atom. The molecule has 0 bridgehead atoms. The van der Waals surface area contributed by atoms with Crippen molar-refractivity contribution in [2.45, 2.75) is 39.7 Å². The predicted octanol–water partition coefficient (Wildman–Crippen LogP) is 2.62. The molecule has 3 nitrogen and oxygen atoms in total. The maximum absolute atomic E-state index is 11.6. The van der Waals surface area contributed by atoms with E-state index in [1.165, 1.54) is 12.2 Å². The van der Waals surface area contributed by atoms with E-state index in [1.54, 1.807) is 0 Å². The Kier molecular flexibility index (Phi) is 6.77. The minimum Gasteiger partial charge on any atom is -0.297 e. The Morgan fingerprint density at radius 3 is 2.28 bits per heavy atom. The average Bonchev–Trinajstić information content (AvgIpc) is 2.35. The summed E-state index contributed by atoms with van der Waals surface area (Å²) in [5.74, 6) is 0.0966. The zero-order valence-electron chi connectivity index (χ0n) is 12.0. The van der Waals surface area contributed by atoms with E-state index in [4.69, 9.17) is 0 Å². The average molecular weight is 251 g/mol. The molecule has 0 rings (SSSR count). The molecule has 0 aromatic carbocycles. The van der Waals surface area contributed by atoms with Crippen LogP contribution in [0.25, 0.3) is 0 Å². The number of ketones is 2. The van der Waals surface area contributed by atoms with Gasteiger partial charge in [0.1, 0.15) is 0 Å². The van der Waals surface area contributed by atoms with Crippen LogP contribution in [0.1, 0.15) is 33.6 Å². The summed E-state index contributed by atoms with van der Waals surface area (Å²) in [4.78, 5) is 25.0. The fourth-order valence-electron chi connectivity index (χ4n) is 1.75. The van der Waals surface area contributed by atoms with Gasteiger partial charge in [-0.25, -0.2) is 0 Å². The zero-order valence-corrected chi connectivity index (χ0v) is 12.0. The van der Waals surface area contributed by atoms with Gasteiger partial charge in [0.25, 0.3) is 0 Å². The molecule has 0 radical (unpaired) electrons. The first-order valence-electron chi connectivity index (χ1n) is 6.29. The van der Waals surface area contributed by atoms with Crippen LogP contribution in [0, 0.1) is 5.41 Å². The molecule has 0 aromatic rings. The summed E-state index contributed by atoms with van der Waals surface area (Å²) in [6.07, 6.45) is 4.40. The zero-order chi connectivity index (χ0) is 14.3. The lowest BCUT2D eigenvalue weighted by Gasteiger charge is -2.25. The summed E-state index contributed by atoms with van der Waals surface area (Å²) in [7, 11) is 1.91. The van der Waals surface area contributed by atoms with Gasteiger partial charge in [-0.15, -0.1) is 0 Å². The van der Waals surface area contributed by atoms with Crippen LogP contribution >= 0.6 is 0 Å². The second-order valence-corrected chi connectivity index (χ2v) is 5.32. The SMILES string of the molecule is C=CC(=O)[C@@H](C)N(C)CCCC(C)(C)C(=O)C=C. The Bertz CT molecular complexity index is 331. The van der Waals surface area contributed by atoms with E-state index in [0.717, 1.165) is 19.4 Å². The molecule has 0 aliphatic heterocycles. The molecule has 0 saturated heterocycles. The lowest BCUT2D eigenvalue weighted by Crippen LogP contribution is -2.36. The second kappa shape index (κ2) is 7.27. The summed E-state index contributed by atoms with van der Waals surface area (Å²) in [5, 5.41) is 0. The number of rotatable bonds is 9. The van der Waals surface area contributed by atoms with E-state index in [0.29, 0.717) is 0 Å². The van der Waals surface area contributed by atoms with Crippen molar-refractivity contribution in [1.82, 2.24) is 4.90 Å². The minimum absolute atomic E-state index is 0.0268. The molecular weight excluding hydrogens is 226 g/mol. The fourth-order valence-corrected chi connectivity index (χ4v) is 1.75. The van der Waals surface area contributed by atoms with E-state index >= 15 is 0 Å². The van der Waals surface area contributed by atoms with Crippen LogP contribution in [0.4, 0.5) is 0 Å². The van der Waals surface area contributed by atoms with Crippen molar-refractivity contribution in [1.29, 1.82) is 0 Å². The van der Waals surface area contributed by atoms with E-state index in [9.17, 15) is 9.59 Å². The van der Waals surface area contributed by atoms with Crippen molar-refractivity contribution in [3.63, 3.8) is 0 Å². The number of likely N-dealkylation sites (N-methyl/N-ethyl adjacent to an activating group) is 1. The van der Waals surface area contributed by atoms with E-state index in [-0.39, 0.29) is 23.0 Å². The van der Waals surface area contributed by atoms with Crippen molar-refractivity contribution >= 4 is 11.6 Å². The molecule has 0 aliphatic carbocycles. The second-order valence-electron chi connectivity index (χ2n) is 5.32. The maximum atomic E-state index is 11.6. The Morgan fingerprint density at radius 2 is 1.83 bits per heavy atom. The molecule has 18 heavy (non-hydrogen) atoms. The highest BCUT2D eigenvalue weighted by atomic mass is 16.1. The monoisotopic (exact) mass is 251 g/mol. The highest BCUT2D eigenvalue weighted by Gasteiger charge is 2.25. The molecule has 1 atom stereocenters. The van der Waals surface area contributed by atoms with Crippen LogP contribution in [0.3, 0.4) is 0 Å². The van der Waals surface area contributed by atoms with E-state index in [2.05, 4.69) is 13.2 Å². The number of hydrogen-bond donors (Lipinski definition) is 0. The molecule has 0 amide bonds. The van der Waals surface area contributed by atoms with Crippen molar-refractivity contribution in [3.05, 3.63) is 25.3 Å². The molecular formula is C15H25NO2. The van der Waals surface area contributed by atoms with E-state index in [1.807, 2.05) is 32.7 Å². The largest absolute Gasteiger partial charge is 0.297 e. The first kappa shape index (κ1) is 16.8. The number of carbonyl (C=O) groups is 2. The quantitative estimate of drug-likeness (QED) is 0.591. The lowest BCUT2D eigenvalue weighted by atomic mass is 9.83. The lowest BCUT2D eigenvalue weighted by molar-refractivity contribution is -0.123. The van der Waals surface area contributed by atoms with Gasteiger partial charge in [0, 0.05) is 5.41 Å². The molecule has 0 fully saturated rings. The van der Waals surface area contributed by atoms with Gasteiger partial charge in [-0.1, -0.05) is 27.0 Å². The molecule has 102 valence electrons. The van der Waals surface area contributed by atoms with Crippen LogP contribution in [0.15, 0.2) is 25.3 Å². The number of hydrogen-bond acceptors (Lipinski definition) is 3. The molecule has 0 heterocycles. The summed E-state index contributed by atoms with van der Waals surface area (Å²) in [6, 6.07) is -0.152. The standard InChI is InChI=1S/C15H25NO2/c1-7-13(17)12(3)16(6)11-9-10-15(4,5)14(18)8-2/h7-8,12H,1-2,9-11H2,3-6H3/t12-/m1/s1. The highest BCUT2D eigenvalue weighted by molar-refractivity contribution is 5.94. The van der Waals surface area contributed by atoms with Crippen LogP contribution in [0.5, 0.6) is 0 Å². The Hall–Kier alpha value is -1.22. The smallest absolute Gasteiger partial charge is 0.171 e. The first-order valence-corrected chi connectivity index (χ1v) is 6.29. The van der Waals surface area contributed by atoms with Crippen molar-refractivity contribution in [3.8, 4) is 0 Å². The molecule has 3 heteroatoms. The fraction of sp³-hybridized carbons (Fsp3) is 0.600. The minimum atomic E-state index is -0.367. The molecule has 0 saturated carbocycles. The molecule has 0 spiro atoms. The van der Waals surface area contributed by atoms with Gasteiger partial charge in [-0.2, -0.15) is 0 Å². The van der Waals surface area contributed by atoms with Gasteiger partial charge in [0.15, 0.2) is 11.6 Å². The Balaban J connectivity index is 4.19. The van der Waals surface area contributed by atoms with Gasteiger partial charge in [0.05, 0.1) is 6.04 Å². The maximum Gasteiger partial charge on any atom is 0.171 e. The Labute approximate surface area is 111 Å². The number of carbonyl (C=O) groups excluding carboxylic acids is 2. The molecule has 0 aromatic heterocycles. The van der Waals surface area contributed by atoms with Gasteiger partial charge < -0.3 is 0 Å². The van der Waals surface area contributed by atoms with Crippen molar-refractivity contribution in [2.24, 2.45) is 5.41 Å². The van der Waals surface area contributed by atoms with Crippen LogP contribution < -0.4 is 0 Å². The number of nitrogens with zero attached hydrogens (tertiary/aromatic N) is 1. The van der Waals surface area contributed by atoms with Gasteiger partial charge in [-0.05, 0) is 45.5 Å². The number of allylic oxidation sites excluding steroid dienone is 1. The molecule has 0 N–H and O–H groups in total. The summed E-state index contributed by atoms with van der Waals surface area (Å²) >= 11 is 0. The highest BCUT2D eigenvalue weighted by Crippen LogP contribution is 2.24. The van der Waals surface area contributed by atoms with Gasteiger partial charge in [-0.3, -0.25) is 14.5 Å². The molecule has 0 unspecified atom stereocenters. The van der Waals surface area contributed by atoms with Crippen LogP contribution in [-0.4, -0.2) is 36.1 Å². The van der Waals surface area contributed by atoms with Gasteiger partial charge in [0.2, 0.25) is 0 Å².